The Bertz CT molecular complexity index is 644. The Morgan fingerprint density at radius 2 is 1.85 bits per heavy atom. The standard InChI is InChI=1S/C13H10ClN3O3/c14-8-2-1-3-9(6-8)16-13(20)17-10-4-5-11(12(18)19)15-7-10/h1-7H,(H,18,19)(H2,16,17,20). The van der Waals surface area contributed by atoms with Gasteiger partial charge in [0.2, 0.25) is 0 Å². The van der Waals surface area contributed by atoms with Crippen molar-refractivity contribution in [3.05, 3.63) is 53.3 Å². The number of aromatic carboxylic acids is 1. The van der Waals surface area contributed by atoms with E-state index in [-0.39, 0.29) is 5.69 Å². The number of carboxylic acid groups (broad SMARTS) is 1. The zero-order valence-corrected chi connectivity index (χ0v) is 10.9. The van der Waals surface area contributed by atoms with Crippen LogP contribution in [0.2, 0.25) is 5.02 Å². The maximum Gasteiger partial charge on any atom is 0.354 e. The van der Waals surface area contributed by atoms with Crippen molar-refractivity contribution in [1.29, 1.82) is 0 Å². The predicted octanol–water partition coefficient (Wildman–Crippen LogP) is 3.08. The van der Waals surface area contributed by atoms with E-state index < -0.39 is 12.0 Å². The lowest BCUT2D eigenvalue weighted by Crippen LogP contribution is -2.19. The van der Waals surface area contributed by atoms with Crippen molar-refractivity contribution in [2.75, 3.05) is 10.6 Å². The molecule has 0 radical (unpaired) electrons. The van der Waals surface area contributed by atoms with Crippen LogP contribution in [-0.2, 0) is 0 Å². The van der Waals surface area contributed by atoms with Crippen molar-refractivity contribution in [2.45, 2.75) is 0 Å². The van der Waals surface area contributed by atoms with Gasteiger partial charge in [0.25, 0.3) is 0 Å². The number of nitrogens with zero attached hydrogens (tertiary/aromatic N) is 1. The molecule has 1 heterocycles. The molecule has 0 bridgehead atoms. The third-order valence-electron chi connectivity index (χ3n) is 2.32. The van der Waals surface area contributed by atoms with Crippen LogP contribution >= 0.6 is 11.6 Å². The lowest BCUT2D eigenvalue weighted by molar-refractivity contribution is 0.0690. The molecule has 2 amide bonds. The van der Waals surface area contributed by atoms with Crippen LogP contribution in [0.25, 0.3) is 0 Å². The highest BCUT2D eigenvalue weighted by atomic mass is 35.5. The highest BCUT2D eigenvalue weighted by molar-refractivity contribution is 6.30. The van der Waals surface area contributed by atoms with Gasteiger partial charge in [-0.3, -0.25) is 0 Å². The quantitative estimate of drug-likeness (QED) is 0.810. The number of carbonyl (C=O) groups excluding carboxylic acids is 1. The molecule has 3 N–H and O–H groups in total. The fraction of sp³-hybridized carbons (Fsp3) is 0. The van der Waals surface area contributed by atoms with Crippen molar-refractivity contribution < 1.29 is 14.7 Å². The van der Waals surface area contributed by atoms with Gasteiger partial charge in [0.05, 0.1) is 11.9 Å². The van der Waals surface area contributed by atoms with Crippen LogP contribution in [0.3, 0.4) is 0 Å². The second kappa shape index (κ2) is 6.03. The number of anilines is 2. The van der Waals surface area contributed by atoms with E-state index in [2.05, 4.69) is 15.6 Å². The molecule has 7 heteroatoms. The summed E-state index contributed by atoms with van der Waals surface area (Å²) >= 11 is 5.80. The molecule has 0 unspecified atom stereocenters. The van der Waals surface area contributed by atoms with Gasteiger partial charge in [-0.2, -0.15) is 0 Å². The molecule has 0 aliphatic heterocycles. The number of hydrogen-bond acceptors (Lipinski definition) is 3. The smallest absolute Gasteiger partial charge is 0.354 e. The summed E-state index contributed by atoms with van der Waals surface area (Å²) in [5.41, 5.74) is 0.838. The zero-order valence-electron chi connectivity index (χ0n) is 10.1. The van der Waals surface area contributed by atoms with Crippen molar-refractivity contribution in [3.8, 4) is 0 Å². The topological polar surface area (TPSA) is 91.3 Å². The maximum absolute atomic E-state index is 11.7. The predicted molar refractivity (Wildman–Crippen MR) is 75.3 cm³/mol. The summed E-state index contributed by atoms with van der Waals surface area (Å²) in [6.07, 6.45) is 1.26. The highest BCUT2D eigenvalue weighted by Crippen LogP contribution is 2.15. The van der Waals surface area contributed by atoms with Gasteiger partial charge in [0.1, 0.15) is 5.69 Å². The largest absolute Gasteiger partial charge is 0.477 e. The van der Waals surface area contributed by atoms with Crippen LogP contribution in [0.4, 0.5) is 16.2 Å². The Hall–Kier alpha value is -2.60. The summed E-state index contributed by atoms with van der Waals surface area (Å²) in [6, 6.07) is 8.98. The summed E-state index contributed by atoms with van der Waals surface area (Å²) < 4.78 is 0. The maximum atomic E-state index is 11.7. The number of hydrogen-bond donors (Lipinski definition) is 3. The molecule has 0 atom stereocenters. The number of carbonyl (C=O) groups is 2. The van der Waals surface area contributed by atoms with Gasteiger partial charge >= 0.3 is 12.0 Å². The summed E-state index contributed by atoms with van der Waals surface area (Å²) in [7, 11) is 0. The van der Waals surface area contributed by atoms with Crippen molar-refractivity contribution >= 4 is 35.0 Å². The Balaban J connectivity index is 1.99. The summed E-state index contributed by atoms with van der Waals surface area (Å²) in [6.45, 7) is 0. The van der Waals surface area contributed by atoms with E-state index in [1.54, 1.807) is 24.3 Å². The van der Waals surface area contributed by atoms with E-state index in [0.717, 1.165) is 0 Å². The molecule has 0 aliphatic rings. The molecule has 2 rings (SSSR count). The van der Waals surface area contributed by atoms with Gasteiger partial charge in [-0.1, -0.05) is 17.7 Å². The first-order valence-corrected chi connectivity index (χ1v) is 5.95. The first-order chi connectivity index (χ1) is 9.54. The summed E-state index contributed by atoms with van der Waals surface area (Å²) in [5, 5.41) is 14.3. The average molecular weight is 292 g/mol. The van der Waals surface area contributed by atoms with Crippen LogP contribution < -0.4 is 10.6 Å². The Labute approximate surface area is 119 Å². The lowest BCUT2D eigenvalue weighted by atomic mass is 10.3. The molecule has 1 aromatic carbocycles. The van der Waals surface area contributed by atoms with E-state index >= 15 is 0 Å². The number of urea groups is 1. The van der Waals surface area contributed by atoms with Crippen LogP contribution in [-0.4, -0.2) is 22.1 Å². The van der Waals surface area contributed by atoms with E-state index in [1.807, 2.05) is 0 Å². The molecular weight excluding hydrogens is 282 g/mol. The van der Waals surface area contributed by atoms with Gasteiger partial charge in [-0.25, -0.2) is 14.6 Å². The third-order valence-corrected chi connectivity index (χ3v) is 2.56. The Kier molecular flexibility index (Phi) is 4.17. The fourth-order valence-electron chi connectivity index (χ4n) is 1.45. The number of benzene rings is 1. The average Bonchev–Trinajstić information content (AvgIpc) is 2.39. The van der Waals surface area contributed by atoms with E-state index in [4.69, 9.17) is 16.7 Å². The number of carboxylic acids is 1. The molecular formula is C13H10ClN3O3. The number of nitrogens with one attached hydrogen (secondary N) is 2. The lowest BCUT2D eigenvalue weighted by Gasteiger charge is -2.07. The van der Waals surface area contributed by atoms with Crippen molar-refractivity contribution in [2.24, 2.45) is 0 Å². The fourth-order valence-corrected chi connectivity index (χ4v) is 1.64. The van der Waals surface area contributed by atoms with Gasteiger partial charge < -0.3 is 15.7 Å². The minimum atomic E-state index is -1.13. The van der Waals surface area contributed by atoms with Crippen molar-refractivity contribution in [3.63, 3.8) is 0 Å². The Morgan fingerprint density at radius 3 is 2.45 bits per heavy atom. The minimum Gasteiger partial charge on any atom is -0.477 e. The first-order valence-electron chi connectivity index (χ1n) is 5.57. The summed E-state index contributed by atoms with van der Waals surface area (Å²) in [4.78, 5) is 26.0. The van der Waals surface area contributed by atoms with Gasteiger partial charge in [0, 0.05) is 10.7 Å². The number of amides is 2. The van der Waals surface area contributed by atoms with Gasteiger partial charge in [-0.15, -0.1) is 0 Å². The monoisotopic (exact) mass is 291 g/mol. The molecule has 102 valence electrons. The van der Waals surface area contributed by atoms with E-state index in [0.29, 0.717) is 16.4 Å². The number of pyridine rings is 1. The number of rotatable bonds is 3. The minimum absolute atomic E-state index is 0.0919. The molecule has 0 saturated carbocycles. The van der Waals surface area contributed by atoms with Crippen molar-refractivity contribution in [1.82, 2.24) is 4.98 Å². The van der Waals surface area contributed by atoms with Gasteiger partial charge in [-0.05, 0) is 30.3 Å². The molecule has 2 aromatic rings. The second-order valence-corrected chi connectivity index (χ2v) is 4.26. The third kappa shape index (κ3) is 3.69. The zero-order chi connectivity index (χ0) is 14.5. The summed E-state index contributed by atoms with van der Waals surface area (Å²) in [5.74, 6) is -1.13. The molecule has 0 saturated heterocycles. The molecule has 6 nitrogen and oxygen atoms in total. The molecule has 0 fully saturated rings. The SMILES string of the molecule is O=C(Nc1ccc(C(=O)O)nc1)Nc1cccc(Cl)c1. The molecule has 0 aliphatic carbocycles. The number of halogens is 1. The highest BCUT2D eigenvalue weighted by Gasteiger charge is 2.06. The van der Waals surface area contributed by atoms with E-state index in [1.165, 1.54) is 18.3 Å². The Morgan fingerprint density at radius 1 is 1.10 bits per heavy atom. The van der Waals surface area contributed by atoms with Crippen LogP contribution in [0.15, 0.2) is 42.6 Å². The first kappa shape index (κ1) is 13.8. The van der Waals surface area contributed by atoms with Crippen LogP contribution in [0.1, 0.15) is 10.5 Å². The molecule has 1 aromatic heterocycles. The number of aromatic nitrogens is 1. The van der Waals surface area contributed by atoms with Crippen LogP contribution in [0.5, 0.6) is 0 Å². The van der Waals surface area contributed by atoms with Crippen LogP contribution in [0, 0.1) is 0 Å². The van der Waals surface area contributed by atoms with E-state index in [9.17, 15) is 9.59 Å². The molecule has 20 heavy (non-hydrogen) atoms. The van der Waals surface area contributed by atoms with Gasteiger partial charge in [0.15, 0.2) is 0 Å². The normalized spacial score (nSPS) is 9.85. The second-order valence-electron chi connectivity index (χ2n) is 3.83. The molecule has 0 spiro atoms.